The SMILES string of the molecule is CC(C)c1cc(NCC(C)(C)C)nc(C(C)(C)C)c1. The van der Waals surface area contributed by atoms with Gasteiger partial charge in [0.05, 0.1) is 0 Å². The highest BCUT2D eigenvalue weighted by Gasteiger charge is 2.18. The summed E-state index contributed by atoms with van der Waals surface area (Å²) in [6.45, 7) is 18.7. The molecule has 0 amide bonds. The summed E-state index contributed by atoms with van der Waals surface area (Å²) >= 11 is 0. The van der Waals surface area contributed by atoms with Gasteiger partial charge < -0.3 is 5.32 Å². The Balaban J connectivity index is 3.07. The Kier molecular flexibility index (Phi) is 4.65. The molecule has 0 aliphatic heterocycles. The second-order valence-electron chi connectivity index (χ2n) is 7.99. The van der Waals surface area contributed by atoms with Crippen LogP contribution in [0, 0.1) is 5.41 Å². The number of hydrogen-bond donors (Lipinski definition) is 1. The fourth-order valence-corrected chi connectivity index (χ4v) is 1.72. The smallest absolute Gasteiger partial charge is 0.126 e. The summed E-state index contributed by atoms with van der Waals surface area (Å²) in [5.41, 5.74) is 2.87. The lowest BCUT2D eigenvalue weighted by molar-refractivity contribution is 0.442. The van der Waals surface area contributed by atoms with Gasteiger partial charge >= 0.3 is 0 Å². The number of pyridine rings is 1. The van der Waals surface area contributed by atoms with E-state index in [1.165, 1.54) is 5.56 Å². The minimum absolute atomic E-state index is 0.0864. The molecule has 0 saturated heterocycles. The third-order valence-corrected chi connectivity index (χ3v) is 3.08. The molecule has 2 nitrogen and oxygen atoms in total. The minimum atomic E-state index is 0.0864. The molecule has 1 rings (SSSR count). The van der Waals surface area contributed by atoms with Crippen LogP contribution in [0.2, 0.25) is 0 Å². The lowest BCUT2D eigenvalue weighted by atomic mass is 9.89. The van der Waals surface area contributed by atoms with Crippen molar-refractivity contribution < 1.29 is 0 Å². The summed E-state index contributed by atoms with van der Waals surface area (Å²) in [5, 5.41) is 3.48. The molecule has 0 aromatic carbocycles. The predicted octanol–water partition coefficient (Wildman–Crippen LogP) is 4.96. The van der Waals surface area contributed by atoms with E-state index >= 15 is 0 Å². The molecule has 0 aliphatic carbocycles. The first kappa shape index (κ1) is 16.0. The molecule has 19 heavy (non-hydrogen) atoms. The van der Waals surface area contributed by atoms with E-state index in [1.54, 1.807) is 0 Å². The van der Waals surface area contributed by atoms with Gasteiger partial charge in [0.1, 0.15) is 5.82 Å². The van der Waals surface area contributed by atoms with E-state index < -0.39 is 0 Å². The molecule has 1 N–H and O–H groups in total. The molecule has 0 unspecified atom stereocenters. The van der Waals surface area contributed by atoms with Gasteiger partial charge in [-0.25, -0.2) is 4.98 Å². The molecular weight excluding hydrogens is 232 g/mol. The van der Waals surface area contributed by atoms with Crippen molar-refractivity contribution in [1.82, 2.24) is 4.98 Å². The van der Waals surface area contributed by atoms with Crippen LogP contribution in [-0.4, -0.2) is 11.5 Å². The van der Waals surface area contributed by atoms with Crippen LogP contribution < -0.4 is 5.32 Å². The van der Waals surface area contributed by atoms with Crippen molar-refractivity contribution in [2.45, 2.75) is 66.7 Å². The Morgan fingerprint density at radius 2 is 1.63 bits per heavy atom. The molecule has 0 fully saturated rings. The minimum Gasteiger partial charge on any atom is -0.370 e. The van der Waals surface area contributed by atoms with Gasteiger partial charge in [-0.15, -0.1) is 0 Å². The highest BCUT2D eigenvalue weighted by Crippen LogP contribution is 2.27. The van der Waals surface area contributed by atoms with Gasteiger partial charge in [-0.3, -0.25) is 0 Å². The molecule has 0 spiro atoms. The first-order chi connectivity index (χ1) is 8.49. The largest absolute Gasteiger partial charge is 0.370 e. The molecular formula is C17H30N2. The Morgan fingerprint density at radius 3 is 2.05 bits per heavy atom. The highest BCUT2D eigenvalue weighted by molar-refractivity contribution is 5.42. The van der Waals surface area contributed by atoms with Crippen molar-refractivity contribution in [2.24, 2.45) is 5.41 Å². The van der Waals surface area contributed by atoms with Gasteiger partial charge in [-0.1, -0.05) is 55.4 Å². The Bertz CT molecular complexity index is 420. The van der Waals surface area contributed by atoms with Gasteiger partial charge in [0.15, 0.2) is 0 Å². The van der Waals surface area contributed by atoms with Crippen LogP contribution >= 0.6 is 0 Å². The zero-order valence-corrected chi connectivity index (χ0v) is 13.9. The Labute approximate surface area is 119 Å². The summed E-state index contributed by atoms with van der Waals surface area (Å²) < 4.78 is 0. The first-order valence-corrected chi connectivity index (χ1v) is 7.25. The van der Waals surface area contributed by atoms with Crippen molar-refractivity contribution in [2.75, 3.05) is 11.9 Å². The van der Waals surface area contributed by atoms with Crippen molar-refractivity contribution in [3.8, 4) is 0 Å². The van der Waals surface area contributed by atoms with E-state index in [2.05, 4.69) is 72.8 Å². The lowest BCUT2D eigenvalue weighted by Crippen LogP contribution is -2.21. The summed E-state index contributed by atoms with van der Waals surface area (Å²) in [4.78, 5) is 4.78. The zero-order valence-electron chi connectivity index (χ0n) is 13.9. The molecule has 0 radical (unpaired) electrons. The molecule has 0 aliphatic rings. The molecule has 1 aromatic heterocycles. The number of aromatic nitrogens is 1. The predicted molar refractivity (Wildman–Crippen MR) is 85.0 cm³/mol. The topological polar surface area (TPSA) is 24.9 Å². The lowest BCUT2D eigenvalue weighted by Gasteiger charge is -2.23. The Hall–Kier alpha value is -1.05. The van der Waals surface area contributed by atoms with Crippen LogP contribution in [0.5, 0.6) is 0 Å². The molecule has 0 saturated carbocycles. The summed E-state index contributed by atoms with van der Waals surface area (Å²) in [5.74, 6) is 1.53. The van der Waals surface area contributed by atoms with Gasteiger partial charge in [0.2, 0.25) is 0 Å². The van der Waals surface area contributed by atoms with E-state index in [9.17, 15) is 0 Å². The number of nitrogens with one attached hydrogen (secondary N) is 1. The standard InChI is InChI=1S/C17H30N2/c1-12(2)13-9-14(17(6,7)8)19-15(10-13)18-11-16(3,4)5/h9-10,12H,11H2,1-8H3,(H,18,19). The highest BCUT2D eigenvalue weighted by atomic mass is 15.0. The van der Waals surface area contributed by atoms with Crippen LogP contribution in [0.4, 0.5) is 5.82 Å². The zero-order chi connectivity index (χ0) is 14.8. The fraction of sp³-hybridized carbons (Fsp3) is 0.706. The maximum atomic E-state index is 4.78. The van der Waals surface area contributed by atoms with Crippen molar-refractivity contribution in [3.63, 3.8) is 0 Å². The van der Waals surface area contributed by atoms with Gasteiger partial charge in [-0.05, 0) is 29.0 Å². The number of anilines is 1. The number of nitrogens with zero attached hydrogens (tertiary/aromatic N) is 1. The number of rotatable bonds is 3. The van der Waals surface area contributed by atoms with E-state index in [0.717, 1.165) is 18.1 Å². The maximum Gasteiger partial charge on any atom is 0.126 e. The molecule has 0 atom stereocenters. The fourth-order valence-electron chi connectivity index (χ4n) is 1.72. The van der Waals surface area contributed by atoms with Crippen LogP contribution in [0.15, 0.2) is 12.1 Å². The maximum absolute atomic E-state index is 4.78. The Morgan fingerprint density at radius 1 is 1.05 bits per heavy atom. The van der Waals surface area contributed by atoms with Crippen LogP contribution in [0.3, 0.4) is 0 Å². The second-order valence-corrected chi connectivity index (χ2v) is 7.99. The van der Waals surface area contributed by atoms with E-state index in [4.69, 9.17) is 4.98 Å². The normalized spacial score (nSPS) is 12.9. The van der Waals surface area contributed by atoms with Crippen molar-refractivity contribution in [3.05, 3.63) is 23.4 Å². The second kappa shape index (κ2) is 5.52. The summed E-state index contributed by atoms with van der Waals surface area (Å²) in [6.07, 6.45) is 0. The summed E-state index contributed by atoms with van der Waals surface area (Å²) in [6, 6.07) is 4.43. The molecule has 2 heteroatoms. The molecule has 108 valence electrons. The summed E-state index contributed by atoms with van der Waals surface area (Å²) in [7, 11) is 0. The molecule has 1 heterocycles. The van der Waals surface area contributed by atoms with E-state index in [1.807, 2.05) is 0 Å². The molecule has 1 aromatic rings. The average molecular weight is 262 g/mol. The van der Waals surface area contributed by atoms with Gasteiger partial charge in [0, 0.05) is 17.7 Å². The van der Waals surface area contributed by atoms with Crippen LogP contribution in [0.25, 0.3) is 0 Å². The van der Waals surface area contributed by atoms with Crippen molar-refractivity contribution >= 4 is 5.82 Å². The third kappa shape index (κ3) is 5.22. The van der Waals surface area contributed by atoms with E-state index in [0.29, 0.717) is 5.92 Å². The van der Waals surface area contributed by atoms with Crippen LogP contribution in [0.1, 0.15) is 72.6 Å². The number of hydrogen-bond acceptors (Lipinski definition) is 2. The third-order valence-electron chi connectivity index (χ3n) is 3.08. The van der Waals surface area contributed by atoms with E-state index in [-0.39, 0.29) is 10.8 Å². The molecule has 0 bridgehead atoms. The van der Waals surface area contributed by atoms with Crippen molar-refractivity contribution in [1.29, 1.82) is 0 Å². The van der Waals surface area contributed by atoms with Crippen LogP contribution in [-0.2, 0) is 5.41 Å². The average Bonchev–Trinajstić information content (AvgIpc) is 2.23. The first-order valence-electron chi connectivity index (χ1n) is 7.25. The van der Waals surface area contributed by atoms with Gasteiger partial charge in [-0.2, -0.15) is 0 Å². The van der Waals surface area contributed by atoms with Gasteiger partial charge in [0.25, 0.3) is 0 Å². The quantitative estimate of drug-likeness (QED) is 0.832. The monoisotopic (exact) mass is 262 g/mol.